The fourth-order valence-electron chi connectivity index (χ4n) is 1.18. The van der Waals surface area contributed by atoms with Gasteiger partial charge in [-0.3, -0.25) is 4.79 Å². The number of hydrogen-bond donors (Lipinski definition) is 2. The van der Waals surface area contributed by atoms with Crippen molar-refractivity contribution in [3.8, 4) is 0 Å². The lowest BCUT2D eigenvalue weighted by molar-refractivity contribution is -0.122. The lowest BCUT2D eigenvalue weighted by Crippen LogP contribution is -2.40. The Morgan fingerprint density at radius 1 is 1.53 bits per heavy atom. The second-order valence-electron chi connectivity index (χ2n) is 3.48. The van der Waals surface area contributed by atoms with Gasteiger partial charge in [-0.1, -0.05) is 6.08 Å². The number of ether oxygens (including phenoxy) is 1. The molecule has 88 valence electrons. The number of rotatable bonds is 9. The predicted molar refractivity (Wildman–Crippen MR) is 61.5 cm³/mol. The van der Waals surface area contributed by atoms with Crippen LogP contribution >= 0.6 is 0 Å². The summed E-state index contributed by atoms with van der Waals surface area (Å²) in [6, 6.07) is -0.457. The fraction of sp³-hybridized carbons (Fsp3) is 0.727. The monoisotopic (exact) mass is 214 g/mol. The summed E-state index contributed by atoms with van der Waals surface area (Å²) in [6.45, 7) is 5.01. The molecule has 0 heterocycles. The van der Waals surface area contributed by atoms with Gasteiger partial charge in [0, 0.05) is 20.3 Å². The van der Waals surface area contributed by atoms with Crippen LogP contribution in [0.4, 0.5) is 0 Å². The number of nitrogens with two attached hydrogens (primary N) is 1. The number of carbonyl (C=O) groups excluding carboxylic acids is 1. The van der Waals surface area contributed by atoms with Gasteiger partial charge < -0.3 is 15.8 Å². The summed E-state index contributed by atoms with van der Waals surface area (Å²) in [5.41, 5.74) is 5.59. The molecule has 0 aromatic heterocycles. The van der Waals surface area contributed by atoms with Crippen molar-refractivity contribution >= 4 is 5.91 Å². The maximum absolute atomic E-state index is 11.3. The summed E-state index contributed by atoms with van der Waals surface area (Å²) in [6.07, 6.45) is 5.24. The third-order valence-electron chi connectivity index (χ3n) is 2.08. The van der Waals surface area contributed by atoms with Gasteiger partial charge in [0.15, 0.2) is 0 Å². The first-order valence-electron chi connectivity index (χ1n) is 5.35. The molecule has 0 radical (unpaired) electrons. The van der Waals surface area contributed by atoms with E-state index in [1.54, 1.807) is 13.2 Å². The lowest BCUT2D eigenvalue weighted by atomic mass is 10.2. The van der Waals surface area contributed by atoms with E-state index in [0.717, 1.165) is 25.9 Å². The highest BCUT2D eigenvalue weighted by atomic mass is 16.5. The molecule has 0 aromatic carbocycles. The molecule has 4 nitrogen and oxygen atoms in total. The van der Waals surface area contributed by atoms with E-state index in [1.807, 2.05) is 0 Å². The number of hydrogen-bond acceptors (Lipinski definition) is 3. The molecular weight excluding hydrogens is 192 g/mol. The number of methoxy groups -OCH3 is 1. The lowest BCUT2D eigenvalue weighted by Gasteiger charge is -2.09. The summed E-state index contributed by atoms with van der Waals surface area (Å²) in [7, 11) is 1.69. The summed E-state index contributed by atoms with van der Waals surface area (Å²) in [5, 5.41) is 2.79. The number of unbranched alkanes of at least 4 members (excludes halogenated alkanes) is 2. The van der Waals surface area contributed by atoms with Gasteiger partial charge in [0.05, 0.1) is 6.04 Å². The molecule has 0 rings (SSSR count). The molecule has 0 aliphatic rings. The third-order valence-corrected chi connectivity index (χ3v) is 2.08. The molecule has 0 spiro atoms. The SMILES string of the molecule is C=CCC(N)C(=O)NCCCCCOC. The topological polar surface area (TPSA) is 64.4 Å². The molecule has 3 N–H and O–H groups in total. The summed E-state index contributed by atoms with van der Waals surface area (Å²) in [4.78, 5) is 11.3. The van der Waals surface area contributed by atoms with E-state index in [2.05, 4.69) is 11.9 Å². The van der Waals surface area contributed by atoms with Gasteiger partial charge in [-0.15, -0.1) is 6.58 Å². The summed E-state index contributed by atoms with van der Waals surface area (Å²) in [5.74, 6) is -0.0957. The first kappa shape index (κ1) is 14.1. The van der Waals surface area contributed by atoms with Crippen molar-refractivity contribution in [2.45, 2.75) is 31.7 Å². The summed E-state index contributed by atoms with van der Waals surface area (Å²) >= 11 is 0. The molecule has 0 saturated carbocycles. The van der Waals surface area contributed by atoms with E-state index >= 15 is 0 Å². The smallest absolute Gasteiger partial charge is 0.237 e. The molecule has 15 heavy (non-hydrogen) atoms. The molecule has 0 aromatic rings. The van der Waals surface area contributed by atoms with Crippen molar-refractivity contribution < 1.29 is 9.53 Å². The molecule has 0 fully saturated rings. The second-order valence-corrected chi connectivity index (χ2v) is 3.48. The van der Waals surface area contributed by atoms with Gasteiger partial charge in [-0.2, -0.15) is 0 Å². The fourth-order valence-corrected chi connectivity index (χ4v) is 1.18. The third kappa shape index (κ3) is 8.15. The van der Waals surface area contributed by atoms with Gasteiger partial charge in [0.2, 0.25) is 5.91 Å². The zero-order chi connectivity index (χ0) is 11.5. The van der Waals surface area contributed by atoms with E-state index < -0.39 is 6.04 Å². The highest BCUT2D eigenvalue weighted by molar-refractivity contribution is 5.81. The van der Waals surface area contributed by atoms with Crippen LogP contribution in [0.1, 0.15) is 25.7 Å². The van der Waals surface area contributed by atoms with E-state index in [1.165, 1.54) is 0 Å². The maximum atomic E-state index is 11.3. The Morgan fingerprint density at radius 3 is 2.87 bits per heavy atom. The van der Waals surface area contributed by atoms with Crippen LogP contribution in [0.25, 0.3) is 0 Å². The Kier molecular flexibility index (Phi) is 9.11. The van der Waals surface area contributed by atoms with Gasteiger partial charge in [-0.05, 0) is 25.7 Å². The number of amides is 1. The molecule has 0 bridgehead atoms. The van der Waals surface area contributed by atoms with Gasteiger partial charge in [0.25, 0.3) is 0 Å². The van der Waals surface area contributed by atoms with E-state index in [-0.39, 0.29) is 5.91 Å². The van der Waals surface area contributed by atoms with Crippen LogP contribution in [-0.2, 0) is 9.53 Å². The Morgan fingerprint density at radius 2 is 2.27 bits per heavy atom. The van der Waals surface area contributed by atoms with Gasteiger partial charge >= 0.3 is 0 Å². The van der Waals surface area contributed by atoms with Crippen LogP contribution in [0.5, 0.6) is 0 Å². The van der Waals surface area contributed by atoms with Crippen LogP contribution in [0.3, 0.4) is 0 Å². The van der Waals surface area contributed by atoms with Crippen LogP contribution in [-0.4, -0.2) is 32.2 Å². The molecule has 4 heteroatoms. The maximum Gasteiger partial charge on any atom is 0.237 e. The normalized spacial score (nSPS) is 12.1. The zero-order valence-corrected chi connectivity index (χ0v) is 9.50. The van der Waals surface area contributed by atoms with Crippen molar-refractivity contribution in [1.29, 1.82) is 0 Å². The highest BCUT2D eigenvalue weighted by Gasteiger charge is 2.09. The molecule has 0 saturated heterocycles. The second kappa shape index (κ2) is 9.68. The standard InChI is InChI=1S/C11H22N2O2/c1-3-7-10(12)11(14)13-8-5-4-6-9-15-2/h3,10H,1,4-9,12H2,2H3,(H,13,14). The highest BCUT2D eigenvalue weighted by Crippen LogP contribution is 1.94. The average Bonchev–Trinajstić information content (AvgIpc) is 2.23. The van der Waals surface area contributed by atoms with E-state index in [0.29, 0.717) is 13.0 Å². The minimum absolute atomic E-state index is 0.0957. The van der Waals surface area contributed by atoms with Crippen LogP contribution in [0.2, 0.25) is 0 Å². The zero-order valence-electron chi connectivity index (χ0n) is 9.50. The largest absolute Gasteiger partial charge is 0.385 e. The number of carbonyl (C=O) groups is 1. The molecule has 1 atom stereocenters. The molecule has 1 amide bonds. The van der Waals surface area contributed by atoms with Gasteiger partial charge in [-0.25, -0.2) is 0 Å². The summed E-state index contributed by atoms with van der Waals surface area (Å²) < 4.78 is 4.92. The predicted octanol–water partition coefficient (Wildman–Crippen LogP) is 0.823. The molecular formula is C11H22N2O2. The van der Waals surface area contributed by atoms with Crippen molar-refractivity contribution in [1.82, 2.24) is 5.32 Å². The van der Waals surface area contributed by atoms with Crippen molar-refractivity contribution in [3.63, 3.8) is 0 Å². The minimum Gasteiger partial charge on any atom is -0.385 e. The molecule has 1 unspecified atom stereocenters. The Labute approximate surface area is 91.9 Å². The molecule has 0 aliphatic heterocycles. The Bertz CT molecular complexity index is 183. The van der Waals surface area contributed by atoms with Crippen LogP contribution < -0.4 is 11.1 Å². The molecule has 0 aliphatic carbocycles. The van der Waals surface area contributed by atoms with Crippen molar-refractivity contribution in [3.05, 3.63) is 12.7 Å². The minimum atomic E-state index is -0.457. The first-order valence-corrected chi connectivity index (χ1v) is 5.35. The van der Waals surface area contributed by atoms with Crippen LogP contribution in [0.15, 0.2) is 12.7 Å². The van der Waals surface area contributed by atoms with Crippen molar-refractivity contribution in [2.75, 3.05) is 20.3 Å². The Hall–Kier alpha value is -0.870. The van der Waals surface area contributed by atoms with E-state index in [9.17, 15) is 4.79 Å². The Balaban J connectivity index is 3.34. The van der Waals surface area contributed by atoms with Crippen LogP contribution in [0, 0.1) is 0 Å². The quantitative estimate of drug-likeness (QED) is 0.441. The van der Waals surface area contributed by atoms with Crippen molar-refractivity contribution in [2.24, 2.45) is 5.73 Å². The first-order chi connectivity index (χ1) is 7.22. The average molecular weight is 214 g/mol. The number of nitrogens with one attached hydrogen (secondary N) is 1. The van der Waals surface area contributed by atoms with Gasteiger partial charge in [0.1, 0.15) is 0 Å². The van der Waals surface area contributed by atoms with E-state index in [4.69, 9.17) is 10.5 Å².